The van der Waals surface area contributed by atoms with Gasteiger partial charge in [-0.25, -0.2) is 0 Å². The van der Waals surface area contributed by atoms with Crippen molar-refractivity contribution in [3.05, 3.63) is 34.9 Å². The number of aliphatic hydroxyl groups excluding tert-OH is 1. The Hall–Kier alpha value is -1.35. The highest BCUT2D eigenvalue weighted by Crippen LogP contribution is 2.59. The lowest BCUT2D eigenvalue weighted by molar-refractivity contribution is -0.159. The Morgan fingerprint density at radius 2 is 1.96 bits per heavy atom. The molecule has 0 aliphatic heterocycles. The monoisotopic (exact) mass is 316 g/mol. The number of hydrogen-bond donors (Lipinski definition) is 2. The van der Waals surface area contributed by atoms with E-state index in [1.54, 1.807) is 0 Å². The van der Waals surface area contributed by atoms with E-state index in [1.165, 1.54) is 5.56 Å². The van der Waals surface area contributed by atoms with Crippen LogP contribution in [0.5, 0.6) is 0 Å². The van der Waals surface area contributed by atoms with Gasteiger partial charge < -0.3 is 10.2 Å². The Morgan fingerprint density at radius 1 is 1.26 bits per heavy atom. The van der Waals surface area contributed by atoms with Crippen molar-refractivity contribution in [1.82, 2.24) is 0 Å². The molecule has 23 heavy (non-hydrogen) atoms. The molecule has 0 heterocycles. The lowest BCUT2D eigenvalue weighted by Crippen LogP contribution is -2.53. The first-order chi connectivity index (χ1) is 10.7. The zero-order chi connectivity index (χ0) is 17.0. The Kier molecular flexibility index (Phi) is 3.83. The van der Waals surface area contributed by atoms with Crippen LogP contribution in [0, 0.1) is 11.3 Å². The van der Waals surface area contributed by atoms with Gasteiger partial charge in [0.05, 0.1) is 11.5 Å². The van der Waals surface area contributed by atoms with Gasteiger partial charge in [0.2, 0.25) is 0 Å². The van der Waals surface area contributed by atoms with Crippen LogP contribution in [0.25, 0.3) is 0 Å². The van der Waals surface area contributed by atoms with Crippen molar-refractivity contribution in [1.29, 1.82) is 0 Å². The number of benzene rings is 1. The molecule has 2 aliphatic carbocycles. The quantitative estimate of drug-likeness (QED) is 0.850. The van der Waals surface area contributed by atoms with Crippen molar-refractivity contribution in [2.75, 3.05) is 0 Å². The summed E-state index contributed by atoms with van der Waals surface area (Å²) in [6.07, 6.45) is 2.62. The lowest BCUT2D eigenvalue weighted by atomic mass is 9.49. The van der Waals surface area contributed by atoms with Crippen molar-refractivity contribution in [3.63, 3.8) is 0 Å². The second-order valence-corrected chi connectivity index (χ2v) is 8.30. The predicted octanol–water partition coefficient (Wildman–Crippen LogP) is 4.40. The minimum atomic E-state index is -0.748. The van der Waals surface area contributed by atoms with Gasteiger partial charge in [0.1, 0.15) is 0 Å². The van der Waals surface area contributed by atoms with Crippen molar-refractivity contribution >= 4 is 5.97 Å². The van der Waals surface area contributed by atoms with Crippen LogP contribution in [0.3, 0.4) is 0 Å². The molecule has 0 amide bonds. The van der Waals surface area contributed by atoms with Crippen LogP contribution >= 0.6 is 0 Å². The first kappa shape index (κ1) is 16.5. The maximum absolute atomic E-state index is 12.0. The SMILES string of the molecule is CC(C)c1ccc2c(c1)[C@H](O)C[C@@H]1[C@@](C)(C(=O)O)CCC[C@]21C. The molecule has 126 valence electrons. The lowest BCUT2D eigenvalue weighted by Gasteiger charge is -2.54. The van der Waals surface area contributed by atoms with E-state index >= 15 is 0 Å². The summed E-state index contributed by atoms with van der Waals surface area (Å²) >= 11 is 0. The molecule has 3 heteroatoms. The second-order valence-electron chi connectivity index (χ2n) is 8.30. The van der Waals surface area contributed by atoms with Crippen molar-refractivity contribution < 1.29 is 15.0 Å². The van der Waals surface area contributed by atoms with Crippen LogP contribution in [-0.4, -0.2) is 16.2 Å². The summed E-state index contributed by atoms with van der Waals surface area (Å²) in [5, 5.41) is 20.6. The number of fused-ring (bicyclic) bond motifs is 3. The Morgan fingerprint density at radius 3 is 2.57 bits per heavy atom. The predicted molar refractivity (Wildman–Crippen MR) is 90.5 cm³/mol. The van der Waals surface area contributed by atoms with Gasteiger partial charge >= 0.3 is 5.97 Å². The Bertz CT molecular complexity index is 636. The molecule has 3 rings (SSSR count). The third-order valence-corrected chi connectivity index (χ3v) is 6.59. The number of aliphatic carboxylic acids is 1. The topological polar surface area (TPSA) is 57.5 Å². The molecular weight excluding hydrogens is 288 g/mol. The number of hydrogen-bond acceptors (Lipinski definition) is 2. The standard InChI is InChI=1S/C20H28O3/c1-12(2)13-6-7-15-14(10-13)16(21)11-17-19(15,3)8-5-9-20(17,4)18(22)23/h6-7,10,12,16-17,21H,5,8-9,11H2,1-4H3,(H,22,23)/t16-,17+,19-,20+/m1/s1. The van der Waals surface area contributed by atoms with E-state index in [9.17, 15) is 15.0 Å². The smallest absolute Gasteiger partial charge is 0.309 e. The first-order valence-electron chi connectivity index (χ1n) is 8.76. The van der Waals surface area contributed by atoms with E-state index in [0.717, 1.165) is 24.0 Å². The highest BCUT2D eigenvalue weighted by Gasteiger charge is 2.56. The van der Waals surface area contributed by atoms with Gasteiger partial charge in [0.25, 0.3) is 0 Å². The fourth-order valence-corrected chi connectivity index (χ4v) is 5.06. The third kappa shape index (κ3) is 2.32. The molecule has 3 nitrogen and oxygen atoms in total. The van der Waals surface area contributed by atoms with Gasteiger partial charge in [0.15, 0.2) is 0 Å². The van der Waals surface area contributed by atoms with Gasteiger partial charge in [-0.05, 0) is 60.1 Å². The summed E-state index contributed by atoms with van der Waals surface area (Å²) in [7, 11) is 0. The molecule has 2 aliphatic rings. The van der Waals surface area contributed by atoms with Gasteiger partial charge in [-0.15, -0.1) is 0 Å². The van der Waals surface area contributed by atoms with E-state index in [1.807, 2.05) is 6.92 Å². The van der Waals surface area contributed by atoms with Crippen LogP contribution in [0.1, 0.15) is 82.1 Å². The minimum absolute atomic E-state index is 0.0198. The number of carboxylic acids is 1. The zero-order valence-electron chi connectivity index (χ0n) is 14.6. The average Bonchev–Trinajstić information content (AvgIpc) is 2.49. The van der Waals surface area contributed by atoms with Crippen LogP contribution in [0.4, 0.5) is 0 Å². The molecule has 2 N–H and O–H groups in total. The number of aliphatic hydroxyl groups is 1. The summed E-state index contributed by atoms with van der Waals surface area (Å²) in [6, 6.07) is 6.43. The maximum Gasteiger partial charge on any atom is 0.309 e. The van der Waals surface area contributed by atoms with Gasteiger partial charge in [-0.1, -0.05) is 45.4 Å². The van der Waals surface area contributed by atoms with Crippen molar-refractivity contribution in [2.24, 2.45) is 11.3 Å². The van der Waals surface area contributed by atoms with Crippen LogP contribution in [-0.2, 0) is 10.2 Å². The maximum atomic E-state index is 12.0. The second kappa shape index (κ2) is 5.34. The van der Waals surface area contributed by atoms with E-state index in [4.69, 9.17) is 0 Å². The molecule has 1 fully saturated rings. The summed E-state index contributed by atoms with van der Waals surface area (Å²) in [4.78, 5) is 12.0. The van der Waals surface area contributed by atoms with Gasteiger partial charge in [0, 0.05) is 0 Å². The minimum Gasteiger partial charge on any atom is -0.481 e. The largest absolute Gasteiger partial charge is 0.481 e. The summed E-state index contributed by atoms with van der Waals surface area (Å²) in [5.74, 6) is -0.315. The molecule has 0 radical (unpaired) electrons. The van der Waals surface area contributed by atoms with E-state index in [2.05, 4.69) is 39.0 Å². The number of rotatable bonds is 2. The third-order valence-electron chi connectivity index (χ3n) is 6.59. The van der Waals surface area contributed by atoms with Crippen molar-refractivity contribution in [2.45, 2.75) is 70.8 Å². The molecule has 1 saturated carbocycles. The van der Waals surface area contributed by atoms with Crippen LogP contribution in [0.15, 0.2) is 18.2 Å². The molecule has 0 bridgehead atoms. The molecule has 0 aromatic heterocycles. The summed E-state index contributed by atoms with van der Waals surface area (Å²) < 4.78 is 0. The Balaban J connectivity index is 2.14. The highest BCUT2D eigenvalue weighted by molar-refractivity contribution is 5.75. The molecule has 0 unspecified atom stereocenters. The molecule has 0 saturated heterocycles. The molecular formula is C20H28O3. The fourth-order valence-electron chi connectivity index (χ4n) is 5.06. The van der Waals surface area contributed by atoms with E-state index in [0.29, 0.717) is 18.8 Å². The summed E-state index contributed by atoms with van der Waals surface area (Å²) in [5.41, 5.74) is 2.52. The van der Waals surface area contributed by atoms with Crippen LogP contribution in [0.2, 0.25) is 0 Å². The molecule has 1 aromatic carbocycles. The zero-order valence-corrected chi connectivity index (χ0v) is 14.6. The highest BCUT2D eigenvalue weighted by atomic mass is 16.4. The summed E-state index contributed by atoms with van der Waals surface area (Å²) in [6.45, 7) is 8.39. The van der Waals surface area contributed by atoms with E-state index < -0.39 is 17.5 Å². The molecule has 1 aromatic rings. The van der Waals surface area contributed by atoms with Gasteiger partial charge in [-0.2, -0.15) is 0 Å². The fraction of sp³-hybridized carbons (Fsp3) is 0.650. The first-order valence-corrected chi connectivity index (χ1v) is 8.76. The van der Waals surface area contributed by atoms with Crippen molar-refractivity contribution in [3.8, 4) is 0 Å². The molecule has 4 atom stereocenters. The Labute approximate surface area is 138 Å². The number of carbonyl (C=O) groups is 1. The van der Waals surface area contributed by atoms with Crippen LogP contribution < -0.4 is 0 Å². The van der Waals surface area contributed by atoms with E-state index in [-0.39, 0.29) is 11.3 Å². The molecule has 0 spiro atoms. The van der Waals surface area contributed by atoms with Gasteiger partial charge in [-0.3, -0.25) is 4.79 Å². The number of carboxylic acid groups (broad SMARTS) is 1. The normalized spacial score (nSPS) is 36.4. The average molecular weight is 316 g/mol.